The lowest BCUT2D eigenvalue weighted by Crippen LogP contribution is -2.59. The summed E-state index contributed by atoms with van der Waals surface area (Å²) in [5.41, 5.74) is 0.103. The van der Waals surface area contributed by atoms with Gasteiger partial charge in [0.25, 0.3) is 0 Å². The van der Waals surface area contributed by atoms with Gasteiger partial charge in [0.15, 0.2) is 0 Å². The average molecular weight is 506 g/mol. The molecule has 1 aromatic carbocycles. The summed E-state index contributed by atoms with van der Waals surface area (Å²) in [6, 6.07) is 10.1. The number of halogens is 3. The molecule has 0 bridgehead atoms. The first-order valence-corrected chi connectivity index (χ1v) is 12.6. The molecule has 2 aliphatic carbocycles. The number of nitrogens with zero attached hydrogens (tertiary/aromatic N) is 4. The van der Waals surface area contributed by atoms with Gasteiger partial charge in [0.1, 0.15) is 0 Å². The van der Waals surface area contributed by atoms with Crippen molar-refractivity contribution in [2.75, 3.05) is 33.7 Å². The van der Waals surface area contributed by atoms with E-state index in [9.17, 15) is 23.1 Å². The summed E-state index contributed by atoms with van der Waals surface area (Å²) in [6.45, 7) is 0.415. The maximum absolute atomic E-state index is 13.7. The fraction of sp³-hybridized carbons (Fsp3) is 0.615. The minimum atomic E-state index is -4.56. The quantitative estimate of drug-likeness (QED) is 0.639. The Balaban J connectivity index is 1.42. The summed E-state index contributed by atoms with van der Waals surface area (Å²) < 4.78 is 39.1. The number of amidine groups is 1. The Hall–Kier alpha value is -2.59. The third kappa shape index (κ3) is 4.18. The Morgan fingerprint density at radius 2 is 1.75 bits per heavy atom. The zero-order valence-corrected chi connectivity index (χ0v) is 20.8. The molecule has 2 aliphatic heterocycles. The number of hydrogen-bond donors (Lipinski definition) is 2. The van der Waals surface area contributed by atoms with Crippen LogP contribution in [-0.4, -0.2) is 82.7 Å². The number of rotatable bonds is 5. The number of β-amino-alcohol motifs (C(OH)–C–C–N with tert-alkyl or cyclic N) is 1. The highest BCUT2D eigenvalue weighted by molar-refractivity contribution is 5.89. The summed E-state index contributed by atoms with van der Waals surface area (Å²) in [5.74, 6) is -1.05. The second kappa shape index (κ2) is 8.76. The molecule has 1 aromatic rings. The van der Waals surface area contributed by atoms with Crippen molar-refractivity contribution >= 4 is 11.9 Å². The first-order valence-electron chi connectivity index (χ1n) is 12.6. The number of alkyl halides is 3. The van der Waals surface area contributed by atoms with E-state index in [1.54, 1.807) is 4.90 Å². The van der Waals surface area contributed by atoms with Gasteiger partial charge in [-0.15, -0.1) is 0 Å². The van der Waals surface area contributed by atoms with Crippen LogP contribution < -0.4 is 5.32 Å². The highest BCUT2D eigenvalue weighted by Crippen LogP contribution is 2.50. The second-order valence-corrected chi connectivity index (χ2v) is 11.0. The van der Waals surface area contributed by atoms with Crippen LogP contribution in [0.5, 0.6) is 0 Å². The molecule has 196 valence electrons. The molecule has 10 heteroatoms. The maximum Gasteiger partial charge on any atom is 0.449 e. The summed E-state index contributed by atoms with van der Waals surface area (Å²) in [5, 5.41) is 13.2. The molecule has 0 radical (unpaired) electrons. The van der Waals surface area contributed by atoms with E-state index in [1.165, 1.54) is 11.8 Å². The van der Waals surface area contributed by atoms with Crippen molar-refractivity contribution in [1.29, 1.82) is 0 Å². The van der Waals surface area contributed by atoms with Crippen LogP contribution in [0, 0.1) is 0 Å². The largest absolute Gasteiger partial charge is 0.449 e. The predicted octanol–water partition coefficient (Wildman–Crippen LogP) is 3.81. The van der Waals surface area contributed by atoms with Crippen LogP contribution in [0.15, 0.2) is 47.2 Å². The predicted molar refractivity (Wildman–Crippen MR) is 130 cm³/mol. The normalized spacial score (nSPS) is 30.2. The Kier molecular flexibility index (Phi) is 6.10. The van der Waals surface area contributed by atoms with Gasteiger partial charge in [0.05, 0.1) is 36.5 Å². The number of nitrogens with one attached hydrogen (secondary N) is 1. The smallest absolute Gasteiger partial charge is 0.388 e. The van der Waals surface area contributed by atoms with Crippen LogP contribution in [0.25, 0.3) is 0 Å². The molecule has 2 heterocycles. The van der Waals surface area contributed by atoms with Crippen LogP contribution in [0.4, 0.5) is 18.0 Å². The molecule has 0 atom stereocenters. The van der Waals surface area contributed by atoms with Crippen LogP contribution in [-0.2, 0) is 5.54 Å². The Labute approximate surface area is 209 Å². The minimum absolute atomic E-state index is 0.167. The van der Waals surface area contributed by atoms with Crippen molar-refractivity contribution in [3.05, 3.63) is 47.8 Å². The molecule has 4 aliphatic rings. The third-order valence-corrected chi connectivity index (χ3v) is 8.79. The van der Waals surface area contributed by atoms with Crippen molar-refractivity contribution in [2.24, 2.45) is 4.99 Å². The lowest BCUT2D eigenvalue weighted by atomic mass is 9.67. The molecule has 3 fully saturated rings. The number of aliphatic hydroxyl groups is 1. The van der Waals surface area contributed by atoms with E-state index in [2.05, 4.69) is 41.4 Å². The van der Waals surface area contributed by atoms with Crippen molar-refractivity contribution in [1.82, 2.24) is 20.0 Å². The molecule has 5 rings (SSSR count). The van der Waals surface area contributed by atoms with Crippen LogP contribution in [0.2, 0.25) is 0 Å². The van der Waals surface area contributed by atoms with E-state index in [0.29, 0.717) is 25.1 Å². The lowest BCUT2D eigenvalue weighted by Gasteiger charge is -2.52. The van der Waals surface area contributed by atoms with Crippen LogP contribution >= 0.6 is 0 Å². The molecule has 2 saturated carbocycles. The Bertz CT molecular complexity index is 1060. The molecule has 7 nitrogen and oxygen atoms in total. The first kappa shape index (κ1) is 25.1. The van der Waals surface area contributed by atoms with Gasteiger partial charge in [-0.3, -0.25) is 14.8 Å². The molecule has 0 aromatic heterocycles. The molecule has 1 spiro atoms. The lowest BCUT2D eigenvalue weighted by molar-refractivity contribution is -0.0725. The zero-order valence-electron chi connectivity index (χ0n) is 20.8. The van der Waals surface area contributed by atoms with Gasteiger partial charge in [-0.25, -0.2) is 4.79 Å². The second-order valence-electron chi connectivity index (χ2n) is 11.0. The fourth-order valence-electron chi connectivity index (χ4n) is 6.33. The molecule has 0 unspecified atom stereocenters. The van der Waals surface area contributed by atoms with E-state index in [1.807, 2.05) is 23.1 Å². The summed E-state index contributed by atoms with van der Waals surface area (Å²) >= 11 is 0. The summed E-state index contributed by atoms with van der Waals surface area (Å²) in [4.78, 5) is 23.0. The number of hydrogen-bond acceptors (Lipinski definition) is 5. The van der Waals surface area contributed by atoms with Crippen LogP contribution in [0.3, 0.4) is 0 Å². The number of carbonyl (C=O) groups excluding carboxylic acids is 1. The first-order chi connectivity index (χ1) is 17.0. The Morgan fingerprint density at radius 3 is 2.25 bits per heavy atom. The van der Waals surface area contributed by atoms with E-state index in [-0.39, 0.29) is 24.7 Å². The van der Waals surface area contributed by atoms with Gasteiger partial charge in [-0.05, 0) is 64.6 Å². The van der Waals surface area contributed by atoms with Gasteiger partial charge in [-0.1, -0.05) is 30.3 Å². The highest BCUT2D eigenvalue weighted by Gasteiger charge is 2.57. The molecular weight excluding hydrogens is 471 g/mol. The Morgan fingerprint density at radius 1 is 1.08 bits per heavy atom. The molecule has 2 amide bonds. The molecule has 2 N–H and O–H groups in total. The van der Waals surface area contributed by atoms with Crippen molar-refractivity contribution in [2.45, 2.75) is 67.8 Å². The van der Waals surface area contributed by atoms with Crippen LogP contribution in [0.1, 0.15) is 50.5 Å². The van der Waals surface area contributed by atoms with Crippen molar-refractivity contribution in [3.63, 3.8) is 0 Å². The number of aliphatic imine (C=N–C) groups is 1. The SMILES string of the molecule is CN(C)C1(c2ccccc2)CCC2(CC1)CN(C1=CNC(C(F)(F)F)=NC1)C(=O)N2CC1(O)CCC1. The van der Waals surface area contributed by atoms with Gasteiger partial charge in [-0.2, -0.15) is 13.2 Å². The van der Waals surface area contributed by atoms with Crippen molar-refractivity contribution in [3.8, 4) is 0 Å². The standard InChI is InChI=1S/C26H34F3N5O2/c1-32(2)25(19-7-4-3-5-8-19)13-11-23(12-14-25)17-33(20-15-30-21(31-16-20)26(27,28)29)22(35)34(23)18-24(36)9-6-10-24/h3-5,7-8,15,36H,6,9-14,16-18H2,1-2H3,(H,30,31). The van der Waals surface area contributed by atoms with E-state index >= 15 is 0 Å². The number of benzene rings is 1. The highest BCUT2D eigenvalue weighted by atomic mass is 19.4. The average Bonchev–Trinajstić information content (AvgIpc) is 3.10. The van der Waals surface area contributed by atoms with E-state index in [4.69, 9.17) is 0 Å². The monoisotopic (exact) mass is 505 g/mol. The number of carbonyl (C=O) groups is 1. The molecule has 36 heavy (non-hydrogen) atoms. The minimum Gasteiger partial charge on any atom is -0.388 e. The van der Waals surface area contributed by atoms with E-state index < -0.39 is 23.2 Å². The number of amides is 2. The van der Waals surface area contributed by atoms with Crippen molar-refractivity contribution < 1.29 is 23.1 Å². The number of urea groups is 1. The van der Waals surface area contributed by atoms with E-state index in [0.717, 1.165) is 32.1 Å². The third-order valence-electron chi connectivity index (χ3n) is 8.79. The maximum atomic E-state index is 13.7. The van der Waals surface area contributed by atoms with Gasteiger partial charge in [0.2, 0.25) is 5.84 Å². The molecular formula is C26H34F3N5O2. The van der Waals surface area contributed by atoms with Gasteiger partial charge in [0, 0.05) is 11.7 Å². The fourth-order valence-corrected chi connectivity index (χ4v) is 6.33. The van der Waals surface area contributed by atoms with Gasteiger partial charge < -0.3 is 15.3 Å². The summed E-state index contributed by atoms with van der Waals surface area (Å²) in [6.07, 6.45) is 2.04. The molecule has 1 saturated heterocycles. The van der Waals surface area contributed by atoms with Gasteiger partial charge >= 0.3 is 12.2 Å². The zero-order chi connectivity index (χ0) is 25.8. The topological polar surface area (TPSA) is 71.4 Å². The summed E-state index contributed by atoms with van der Waals surface area (Å²) in [7, 11) is 4.17.